The van der Waals surface area contributed by atoms with Crippen molar-refractivity contribution in [3.8, 4) is 11.8 Å². The highest BCUT2D eigenvalue weighted by molar-refractivity contribution is 7.19. The molecular formula is C61H92N6O9S. The van der Waals surface area contributed by atoms with Gasteiger partial charge in [0.2, 0.25) is 12.3 Å². The van der Waals surface area contributed by atoms with Crippen molar-refractivity contribution < 1.29 is 43.4 Å². The average molecular weight is 1090 g/mol. The van der Waals surface area contributed by atoms with Gasteiger partial charge in [-0.15, -0.1) is 11.3 Å². The maximum absolute atomic E-state index is 13.2. The SMILES string of the molecule is CC(N)CCCCNC=O.CC12CCCCC1CCC1C2CCC2(C)C(CCCC=O)CCC12.CCCCN(CCN(C)C(=O)CC(C)(C)C1=C(C)C(=O)C(C)=C(C)C1=O)C(=O)Oc1ccc2nc(C#N)sc2c1.O=CO. The molecular weight excluding hydrogens is 993 g/mol. The first-order valence-corrected chi connectivity index (χ1v) is 29.3. The van der Waals surface area contributed by atoms with Gasteiger partial charge in [-0.05, 0) is 164 Å². The number of nitrogens with zero attached hydrogens (tertiary/aromatic N) is 4. The van der Waals surface area contributed by atoms with Crippen LogP contribution in [-0.2, 0) is 28.8 Å². The summed E-state index contributed by atoms with van der Waals surface area (Å²) in [6.07, 6.45) is 24.4. The molecule has 3 amide bonds. The molecule has 4 N–H and O–H groups in total. The summed E-state index contributed by atoms with van der Waals surface area (Å²) in [4.78, 5) is 88.1. The zero-order valence-corrected chi connectivity index (χ0v) is 49.0. The lowest BCUT2D eigenvalue weighted by Gasteiger charge is -2.60. The van der Waals surface area contributed by atoms with Crippen LogP contribution >= 0.6 is 11.3 Å². The van der Waals surface area contributed by atoms with E-state index >= 15 is 0 Å². The molecule has 0 bridgehead atoms. The number of thiazole rings is 1. The Labute approximate surface area is 463 Å². The average Bonchev–Trinajstić information content (AvgIpc) is 3.97. The molecule has 4 fully saturated rings. The highest BCUT2D eigenvalue weighted by Gasteiger charge is 2.59. The lowest BCUT2D eigenvalue weighted by Crippen LogP contribution is -2.52. The number of fused-ring (bicyclic) bond motifs is 6. The summed E-state index contributed by atoms with van der Waals surface area (Å²) in [5, 5.41) is 18.9. The maximum Gasteiger partial charge on any atom is 0.415 e. The molecule has 77 heavy (non-hydrogen) atoms. The largest absolute Gasteiger partial charge is 0.483 e. The number of carbonyl (C=O) groups is 7. The van der Waals surface area contributed by atoms with E-state index in [-0.39, 0.29) is 49.5 Å². The normalized spacial score (nSPS) is 24.9. The van der Waals surface area contributed by atoms with Crippen molar-refractivity contribution in [2.75, 3.05) is 33.2 Å². The first-order chi connectivity index (χ1) is 36.6. The van der Waals surface area contributed by atoms with Crippen LogP contribution in [-0.4, -0.2) is 102 Å². The van der Waals surface area contributed by atoms with E-state index in [1.807, 2.05) is 19.9 Å². The summed E-state index contributed by atoms with van der Waals surface area (Å²) in [6.45, 7) is 19.4. The van der Waals surface area contributed by atoms with E-state index in [1.54, 1.807) is 69.7 Å². The Morgan fingerprint density at radius 1 is 0.935 bits per heavy atom. The summed E-state index contributed by atoms with van der Waals surface area (Å²) in [5.74, 6) is 4.81. The number of carbonyl (C=O) groups excluding carboxylic acids is 6. The number of hydrogen-bond acceptors (Lipinski definition) is 12. The Bertz CT molecular complexity index is 2460. The Hall–Kier alpha value is -5.27. The van der Waals surface area contributed by atoms with Gasteiger partial charge in [-0.1, -0.05) is 60.3 Å². The van der Waals surface area contributed by atoms with Crippen LogP contribution in [0.15, 0.2) is 40.5 Å². The number of benzene rings is 1. The lowest BCUT2D eigenvalue weighted by atomic mass is 9.45. The number of carboxylic acid groups (broad SMARTS) is 1. The Balaban J connectivity index is 0.000000289. The third kappa shape index (κ3) is 16.6. The molecule has 0 radical (unpaired) electrons. The van der Waals surface area contributed by atoms with E-state index in [0.717, 1.165) is 98.5 Å². The molecule has 5 aliphatic rings. The number of amides is 3. The summed E-state index contributed by atoms with van der Waals surface area (Å²) < 4.78 is 6.38. The first-order valence-electron chi connectivity index (χ1n) is 28.5. The summed E-state index contributed by atoms with van der Waals surface area (Å²) in [7, 11) is 1.66. The molecule has 7 rings (SSSR count). The van der Waals surface area contributed by atoms with Gasteiger partial charge in [0.05, 0.1) is 10.2 Å². The number of ether oxygens (including phenoxy) is 1. The van der Waals surface area contributed by atoms with Crippen molar-refractivity contribution in [2.24, 2.45) is 51.6 Å². The fraction of sp³-hybridized carbons (Fsp3) is 0.689. The third-order valence-corrected chi connectivity index (χ3v) is 19.2. The lowest BCUT2D eigenvalue weighted by molar-refractivity contribution is -0.132. The molecule has 0 aliphatic heterocycles. The zero-order valence-electron chi connectivity index (χ0n) is 48.2. The zero-order chi connectivity index (χ0) is 57.1. The van der Waals surface area contributed by atoms with Crippen molar-refractivity contribution in [2.45, 2.75) is 190 Å². The van der Waals surface area contributed by atoms with Crippen LogP contribution < -0.4 is 15.8 Å². The van der Waals surface area contributed by atoms with E-state index < -0.39 is 11.5 Å². The van der Waals surface area contributed by atoms with Gasteiger partial charge in [0, 0.05) is 85.9 Å². The quantitative estimate of drug-likeness (QED) is 0.0639. The van der Waals surface area contributed by atoms with Crippen LogP contribution in [0.5, 0.6) is 5.75 Å². The minimum atomic E-state index is -0.842. The third-order valence-electron chi connectivity index (χ3n) is 18.3. The molecule has 0 saturated heterocycles. The molecule has 8 unspecified atom stereocenters. The van der Waals surface area contributed by atoms with Gasteiger partial charge in [-0.3, -0.25) is 24.0 Å². The number of Topliss-reactive ketones (excluding diaryl/α,β-unsaturated/α-hetero) is 2. The molecule has 1 aromatic carbocycles. The van der Waals surface area contributed by atoms with Crippen molar-refractivity contribution in [1.82, 2.24) is 20.1 Å². The minimum Gasteiger partial charge on any atom is -0.483 e. The standard InChI is InChI=1S/C30H36N4O5S.C23H38O.C7H16N2O.CH2O2/c1-8-9-12-34(29(38)39-21-10-11-22-23(15-21)40-24(17-31)32-22)14-13-33(7)25(35)16-30(5,6)26-20(4)27(36)18(2)19(3)28(26)37;1-22-14-5-3-7-17(22)9-11-19-20-12-10-18(8-4-6-16-24)23(20,2)15-13-21(19)22;1-7(8)4-2-3-5-9-6-10;2-1-3/h10-11,15H,8-9,12-14,16H2,1-7H3;16-21H,3-15H2,1-2H3;6-7H,2-5,8H2,1H3,(H,9,10);1H,(H,2,3). The molecule has 426 valence electrons. The van der Waals surface area contributed by atoms with Gasteiger partial charge in [0.1, 0.15) is 18.1 Å². The fourth-order valence-electron chi connectivity index (χ4n) is 13.8. The number of hydrogen-bond donors (Lipinski definition) is 3. The Kier molecular flexibility index (Phi) is 25.2. The molecule has 15 nitrogen and oxygen atoms in total. The number of ketones is 2. The van der Waals surface area contributed by atoms with Crippen LogP contribution in [0.2, 0.25) is 0 Å². The van der Waals surface area contributed by atoms with Gasteiger partial charge in [-0.25, -0.2) is 9.78 Å². The van der Waals surface area contributed by atoms with E-state index in [9.17, 15) is 28.8 Å². The summed E-state index contributed by atoms with van der Waals surface area (Å²) in [6, 6.07) is 7.35. The highest BCUT2D eigenvalue weighted by Crippen LogP contribution is 2.68. The van der Waals surface area contributed by atoms with Crippen LogP contribution in [0.1, 0.15) is 189 Å². The van der Waals surface area contributed by atoms with Crippen molar-refractivity contribution in [1.29, 1.82) is 5.26 Å². The van der Waals surface area contributed by atoms with Crippen LogP contribution in [0.25, 0.3) is 10.2 Å². The maximum atomic E-state index is 13.2. The molecule has 5 aliphatic carbocycles. The molecule has 4 saturated carbocycles. The van der Waals surface area contributed by atoms with E-state index in [0.29, 0.717) is 55.9 Å². The molecule has 1 aromatic heterocycles. The molecule has 8 atom stereocenters. The topological polar surface area (TPSA) is 230 Å². The highest BCUT2D eigenvalue weighted by atomic mass is 32.1. The van der Waals surface area contributed by atoms with Gasteiger partial charge in [-0.2, -0.15) is 5.26 Å². The first kappa shape index (κ1) is 64.3. The van der Waals surface area contributed by atoms with Crippen molar-refractivity contribution in [3.63, 3.8) is 0 Å². The number of likely N-dealkylation sites (N-methyl/N-ethyl adjacent to an activating group) is 1. The monoisotopic (exact) mass is 1080 g/mol. The van der Waals surface area contributed by atoms with Gasteiger partial charge < -0.3 is 35.5 Å². The van der Waals surface area contributed by atoms with Crippen LogP contribution in [0, 0.1) is 57.2 Å². The second-order valence-electron chi connectivity index (χ2n) is 23.7. The summed E-state index contributed by atoms with van der Waals surface area (Å²) in [5.41, 5.74) is 8.26. The predicted octanol–water partition coefficient (Wildman–Crippen LogP) is 11.8. The van der Waals surface area contributed by atoms with Gasteiger partial charge in [0.25, 0.3) is 6.47 Å². The van der Waals surface area contributed by atoms with E-state index in [4.69, 9.17) is 25.6 Å². The number of nitriles is 1. The Morgan fingerprint density at radius 2 is 1.64 bits per heavy atom. The fourth-order valence-corrected chi connectivity index (χ4v) is 14.6. The predicted molar refractivity (Wildman–Crippen MR) is 304 cm³/mol. The van der Waals surface area contributed by atoms with Crippen LogP contribution in [0.4, 0.5) is 4.79 Å². The number of unbranched alkanes of at least 4 members (excludes halogenated alkanes) is 3. The van der Waals surface area contributed by atoms with Crippen LogP contribution in [0.3, 0.4) is 0 Å². The van der Waals surface area contributed by atoms with Crippen molar-refractivity contribution >= 4 is 64.3 Å². The number of aromatic nitrogens is 1. The molecule has 2 aromatic rings. The Morgan fingerprint density at radius 3 is 2.30 bits per heavy atom. The van der Waals surface area contributed by atoms with Gasteiger partial charge >= 0.3 is 6.09 Å². The van der Waals surface area contributed by atoms with E-state index in [2.05, 4.69) is 24.1 Å². The second kappa shape index (κ2) is 30.2. The van der Waals surface area contributed by atoms with Crippen molar-refractivity contribution in [3.05, 3.63) is 45.5 Å². The smallest absolute Gasteiger partial charge is 0.415 e. The molecule has 1 heterocycles. The van der Waals surface area contributed by atoms with E-state index in [1.165, 1.54) is 82.0 Å². The molecule has 16 heteroatoms. The van der Waals surface area contributed by atoms with Gasteiger partial charge in [0.15, 0.2) is 16.6 Å². The molecule has 0 spiro atoms. The number of allylic oxidation sites excluding steroid dienone is 4. The number of nitrogens with one attached hydrogen (secondary N) is 1. The number of aldehydes is 1. The number of rotatable bonds is 20. The second-order valence-corrected chi connectivity index (χ2v) is 24.8. The number of nitrogens with two attached hydrogens (primary N) is 1. The summed E-state index contributed by atoms with van der Waals surface area (Å²) >= 11 is 1.23. The minimum absolute atomic E-state index is 0.0421.